The predicted molar refractivity (Wildman–Crippen MR) is 70.7 cm³/mol. The smallest absolute Gasteiger partial charge is 0.336 e. The number of methoxy groups -OCH3 is 1. The number of ether oxygens (including phenoxy) is 2. The van der Waals surface area contributed by atoms with Crippen molar-refractivity contribution in [2.75, 3.05) is 39.9 Å². The lowest BCUT2D eigenvalue weighted by Gasteiger charge is -2.38. The number of carbonyl (C=O) groups is 3. The summed E-state index contributed by atoms with van der Waals surface area (Å²) in [5, 5.41) is 9.06. The van der Waals surface area contributed by atoms with Gasteiger partial charge < -0.3 is 24.4 Å². The van der Waals surface area contributed by atoms with E-state index in [9.17, 15) is 14.4 Å². The Morgan fingerprint density at radius 2 is 1.90 bits per heavy atom. The molecule has 2 heterocycles. The zero-order chi connectivity index (χ0) is 15.4. The fourth-order valence-corrected chi connectivity index (χ4v) is 2.65. The molecule has 118 valence electrons. The van der Waals surface area contributed by atoms with Crippen molar-refractivity contribution in [2.24, 2.45) is 5.92 Å². The van der Waals surface area contributed by atoms with Gasteiger partial charge in [-0.05, 0) is 12.8 Å². The third-order valence-electron chi connectivity index (χ3n) is 3.84. The molecule has 0 radical (unpaired) electrons. The molecule has 2 rings (SSSR count). The second-order valence-electron chi connectivity index (χ2n) is 5.23. The molecular formula is C13H20N2O6. The van der Waals surface area contributed by atoms with Gasteiger partial charge in [-0.1, -0.05) is 0 Å². The highest BCUT2D eigenvalue weighted by molar-refractivity contribution is 5.79. The lowest BCUT2D eigenvalue weighted by molar-refractivity contribution is -0.158. The van der Waals surface area contributed by atoms with Gasteiger partial charge in [0.25, 0.3) is 0 Å². The van der Waals surface area contributed by atoms with Crippen molar-refractivity contribution in [2.45, 2.75) is 18.9 Å². The van der Waals surface area contributed by atoms with Crippen molar-refractivity contribution in [3.05, 3.63) is 0 Å². The number of carboxylic acids is 1. The second kappa shape index (κ2) is 6.75. The van der Waals surface area contributed by atoms with E-state index >= 15 is 0 Å². The van der Waals surface area contributed by atoms with E-state index in [-0.39, 0.29) is 25.7 Å². The predicted octanol–water partition coefficient (Wildman–Crippen LogP) is -0.223. The van der Waals surface area contributed by atoms with E-state index in [0.29, 0.717) is 25.9 Å². The maximum absolute atomic E-state index is 12.4. The molecular weight excluding hydrogens is 280 g/mol. The fourth-order valence-electron chi connectivity index (χ4n) is 2.65. The lowest BCUT2D eigenvalue weighted by Crippen LogP contribution is -2.55. The molecule has 2 saturated heterocycles. The Balaban J connectivity index is 1.95. The fraction of sp³-hybridized carbons (Fsp3) is 0.769. The number of hydrogen-bond donors (Lipinski definition) is 1. The van der Waals surface area contributed by atoms with Crippen LogP contribution in [-0.2, 0) is 19.1 Å². The molecule has 0 saturated carbocycles. The Bertz CT molecular complexity index is 427. The van der Waals surface area contributed by atoms with Gasteiger partial charge >= 0.3 is 18.0 Å². The Kier molecular flexibility index (Phi) is 5.00. The van der Waals surface area contributed by atoms with Gasteiger partial charge in [-0.25, -0.2) is 9.59 Å². The number of morpholine rings is 1. The van der Waals surface area contributed by atoms with Gasteiger partial charge in [0.2, 0.25) is 0 Å². The van der Waals surface area contributed by atoms with Crippen molar-refractivity contribution >= 4 is 18.0 Å². The maximum Gasteiger partial charge on any atom is 0.336 e. The molecule has 2 fully saturated rings. The molecule has 0 aliphatic carbocycles. The number of esters is 1. The summed E-state index contributed by atoms with van der Waals surface area (Å²) < 4.78 is 9.90. The standard InChI is InChI=1S/C13H20N2O6/c1-20-12(18)10-8-15(5-6-21-10)13(19)14-4-2-3-9(7-14)11(16)17/h9-10H,2-8H2,1H3,(H,16,17)/t9-,10?/m1/s1. The van der Waals surface area contributed by atoms with E-state index in [1.807, 2.05) is 0 Å². The summed E-state index contributed by atoms with van der Waals surface area (Å²) in [5.74, 6) is -1.89. The number of urea groups is 1. The van der Waals surface area contributed by atoms with Crippen molar-refractivity contribution in [3.63, 3.8) is 0 Å². The van der Waals surface area contributed by atoms with Crippen molar-refractivity contribution in [3.8, 4) is 0 Å². The number of aliphatic carboxylic acids is 1. The largest absolute Gasteiger partial charge is 0.481 e. The van der Waals surface area contributed by atoms with Crippen LogP contribution in [0.3, 0.4) is 0 Å². The summed E-state index contributed by atoms with van der Waals surface area (Å²) >= 11 is 0. The van der Waals surface area contributed by atoms with Gasteiger partial charge in [-0.15, -0.1) is 0 Å². The first-order chi connectivity index (χ1) is 10.0. The van der Waals surface area contributed by atoms with E-state index in [4.69, 9.17) is 9.84 Å². The van der Waals surface area contributed by atoms with Gasteiger partial charge in [-0.3, -0.25) is 4.79 Å². The Morgan fingerprint density at radius 1 is 1.19 bits per heavy atom. The minimum absolute atomic E-state index is 0.139. The number of amides is 2. The van der Waals surface area contributed by atoms with Crippen LogP contribution < -0.4 is 0 Å². The summed E-state index contributed by atoms with van der Waals surface area (Å²) in [5.41, 5.74) is 0. The molecule has 0 spiro atoms. The van der Waals surface area contributed by atoms with Crippen molar-refractivity contribution in [1.82, 2.24) is 9.80 Å². The van der Waals surface area contributed by atoms with E-state index in [1.165, 1.54) is 12.0 Å². The quantitative estimate of drug-likeness (QED) is 0.708. The van der Waals surface area contributed by atoms with Crippen molar-refractivity contribution in [1.29, 1.82) is 0 Å². The summed E-state index contributed by atoms with van der Waals surface area (Å²) in [7, 11) is 1.27. The molecule has 1 N–H and O–H groups in total. The second-order valence-corrected chi connectivity index (χ2v) is 5.23. The highest BCUT2D eigenvalue weighted by atomic mass is 16.6. The van der Waals surface area contributed by atoms with Crippen molar-refractivity contribution < 1.29 is 29.0 Å². The molecule has 2 aliphatic heterocycles. The lowest BCUT2D eigenvalue weighted by atomic mass is 9.98. The van der Waals surface area contributed by atoms with Gasteiger partial charge in [0.1, 0.15) is 0 Å². The van der Waals surface area contributed by atoms with E-state index in [2.05, 4.69) is 4.74 Å². The number of piperidine rings is 1. The molecule has 2 amide bonds. The SMILES string of the molecule is COC(=O)C1CN(C(=O)N2CCC[C@@H](C(=O)O)C2)CCO1. The molecule has 8 heteroatoms. The summed E-state index contributed by atoms with van der Waals surface area (Å²) in [6.07, 6.45) is 0.494. The summed E-state index contributed by atoms with van der Waals surface area (Å²) in [6, 6.07) is -0.238. The van der Waals surface area contributed by atoms with Crippen LogP contribution in [0.15, 0.2) is 0 Å². The van der Waals surface area contributed by atoms with Gasteiger partial charge in [0.05, 0.1) is 26.2 Å². The van der Waals surface area contributed by atoms with Crippen LogP contribution in [0, 0.1) is 5.92 Å². The molecule has 0 aromatic heterocycles. The third-order valence-corrected chi connectivity index (χ3v) is 3.84. The maximum atomic E-state index is 12.4. The monoisotopic (exact) mass is 300 g/mol. The van der Waals surface area contributed by atoms with E-state index in [1.54, 1.807) is 4.90 Å². The number of hydrogen-bond acceptors (Lipinski definition) is 5. The van der Waals surface area contributed by atoms with Crippen LogP contribution in [0.25, 0.3) is 0 Å². The molecule has 0 aromatic carbocycles. The Hall–Kier alpha value is -1.83. The first-order valence-corrected chi connectivity index (χ1v) is 6.99. The van der Waals surface area contributed by atoms with Crippen LogP contribution >= 0.6 is 0 Å². The highest BCUT2D eigenvalue weighted by Gasteiger charge is 2.34. The minimum atomic E-state index is -0.873. The zero-order valence-corrected chi connectivity index (χ0v) is 12.0. The molecule has 0 aromatic rings. The van der Waals surface area contributed by atoms with Crippen LogP contribution in [-0.4, -0.2) is 78.9 Å². The van der Waals surface area contributed by atoms with Crippen LogP contribution in [0.2, 0.25) is 0 Å². The van der Waals surface area contributed by atoms with Crippen LogP contribution in [0.1, 0.15) is 12.8 Å². The number of likely N-dealkylation sites (tertiary alicyclic amines) is 1. The molecule has 1 unspecified atom stereocenters. The molecule has 2 atom stereocenters. The first kappa shape index (κ1) is 15.6. The van der Waals surface area contributed by atoms with Crippen LogP contribution in [0.4, 0.5) is 4.79 Å². The van der Waals surface area contributed by atoms with Crippen LogP contribution in [0.5, 0.6) is 0 Å². The normalized spacial score (nSPS) is 26.3. The molecule has 8 nitrogen and oxygen atoms in total. The van der Waals surface area contributed by atoms with E-state index < -0.39 is 24.0 Å². The number of nitrogens with zero attached hydrogens (tertiary/aromatic N) is 2. The number of carboxylic acid groups (broad SMARTS) is 1. The van der Waals surface area contributed by atoms with Gasteiger partial charge in [0.15, 0.2) is 6.10 Å². The number of carbonyl (C=O) groups excluding carboxylic acids is 2. The van der Waals surface area contributed by atoms with Gasteiger partial charge in [0, 0.05) is 19.6 Å². The Morgan fingerprint density at radius 3 is 2.57 bits per heavy atom. The summed E-state index contributed by atoms with van der Waals surface area (Å²) in [6.45, 7) is 1.55. The average Bonchev–Trinajstić information content (AvgIpc) is 2.53. The summed E-state index contributed by atoms with van der Waals surface area (Å²) in [4.78, 5) is 38.0. The minimum Gasteiger partial charge on any atom is -0.481 e. The number of rotatable bonds is 2. The highest BCUT2D eigenvalue weighted by Crippen LogP contribution is 2.19. The zero-order valence-electron chi connectivity index (χ0n) is 12.0. The Labute approximate surface area is 122 Å². The third kappa shape index (κ3) is 3.63. The first-order valence-electron chi connectivity index (χ1n) is 6.99. The molecule has 21 heavy (non-hydrogen) atoms. The van der Waals surface area contributed by atoms with E-state index in [0.717, 1.165) is 0 Å². The molecule has 2 aliphatic rings. The van der Waals surface area contributed by atoms with Gasteiger partial charge in [-0.2, -0.15) is 0 Å². The topological polar surface area (TPSA) is 96.4 Å². The average molecular weight is 300 g/mol. The molecule has 0 bridgehead atoms.